The highest BCUT2D eigenvalue weighted by molar-refractivity contribution is 5.81. The van der Waals surface area contributed by atoms with Crippen molar-refractivity contribution >= 4 is 5.78 Å². The molecular formula is C9H16O3. The molecule has 0 spiro atoms. The van der Waals surface area contributed by atoms with Crippen LogP contribution in [0, 0.1) is 0 Å². The van der Waals surface area contributed by atoms with E-state index >= 15 is 0 Å². The number of hydrogen-bond acceptors (Lipinski definition) is 3. The van der Waals surface area contributed by atoms with E-state index in [-0.39, 0.29) is 6.10 Å². The van der Waals surface area contributed by atoms with E-state index in [4.69, 9.17) is 9.47 Å². The highest BCUT2D eigenvalue weighted by Gasteiger charge is 2.21. The van der Waals surface area contributed by atoms with Crippen LogP contribution in [0.4, 0.5) is 0 Å². The molecule has 12 heavy (non-hydrogen) atoms. The Kier molecular flexibility index (Phi) is 4.25. The largest absolute Gasteiger partial charge is 0.379 e. The Bertz CT molecular complexity index is 145. The average molecular weight is 172 g/mol. The Balaban J connectivity index is 1.97. The molecule has 0 radical (unpaired) electrons. The zero-order valence-corrected chi connectivity index (χ0v) is 7.54. The molecule has 1 aliphatic carbocycles. The van der Waals surface area contributed by atoms with E-state index in [1.54, 1.807) is 0 Å². The third-order valence-electron chi connectivity index (χ3n) is 1.99. The summed E-state index contributed by atoms with van der Waals surface area (Å²) in [5.41, 5.74) is 0. The summed E-state index contributed by atoms with van der Waals surface area (Å²) < 4.78 is 10.5. The van der Waals surface area contributed by atoms with Crippen LogP contribution in [-0.2, 0) is 14.3 Å². The predicted molar refractivity (Wildman–Crippen MR) is 45.1 cm³/mol. The van der Waals surface area contributed by atoms with Crippen molar-refractivity contribution in [2.75, 3.05) is 19.8 Å². The van der Waals surface area contributed by atoms with Crippen LogP contribution >= 0.6 is 0 Å². The maximum atomic E-state index is 10.8. The Morgan fingerprint density at radius 2 is 2.33 bits per heavy atom. The van der Waals surface area contributed by atoms with Gasteiger partial charge in [0.05, 0.1) is 19.3 Å². The maximum Gasteiger partial charge on any atom is 0.135 e. The van der Waals surface area contributed by atoms with E-state index in [0.717, 1.165) is 13.0 Å². The lowest BCUT2D eigenvalue weighted by atomic mass is 10.3. The zero-order valence-electron chi connectivity index (χ0n) is 7.54. The molecule has 0 aromatic rings. The van der Waals surface area contributed by atoms with Crippen molar-refractivity contribution in [3.05, 3.63) is 0 Å². The predicted octanol–water partition coefficient (Wildman–Crippen LogP) is 1.16. The Hall–Kier alpha value is -0.410. The van der Waals surface area contributed by atoms with Crippen LogP contribution in [0.25, 0.3) is 0 Å². The minimum Gasteiger partial charge on any atom is -0.379 e. The van der Waals surface area contributed by atoms with Gasteiger partial charge in [-0.05, 0) is 13.3 Å². The van der Waals surface area contributed by atoms with Crippen LogP contribution in [0.15, 0.2) is 0 Å². The van der Waals surface area contributed by atoms with E-state index in [2.05, 4.69) is 0 Å². The molecule has 0 aromatic heterocycles. The monoisotopic (exact) mass is 172 g/mol. The molecule has 0 aliphatic heterocycles. The van der Waals surface area contributed by atoms with E-state index in [0.29, 0.717) is 31.8 Å². The van der Waals surface area contributed by atoms with Gasteiger partial charge in [0.1, 0.15) is 5.78 Å². The second-order valence-electron chi connectivity index (χ2n) is 2.97. The molecule has 0 N–H and O–H groups in total. The number of carbonyl (C=O) groups excluding carboxylic acids is 1. The van der Waals surface area contributed by atoms with E-state index in [1.165, 1.54) is 0 Å². The molecule has 0 aromatic carbocycles. The molecule has 1 unspecified atom stereocenters. The SMILES string of the molecule is CCOCCOC1CCC(=O)C1. The molecule has 0 saturated heterocycles. The van der Waals surface area contributed by atoms with Crippen molar-refractivity contribution in [2.45, 2.75) is 32.3 Å². The summed E-state index contributed by atoms with van der Waals surface area (Å²) in [7, 11) is 0. The quantitative estimate of drug-likeness (QED) is 0.584. The number of rotatable bonds is 5. The summed E-state index contributed by atoms with van der Waals surface area (Å²) in [6.45, 7) is 3.94. The first-order valence-corrected chi connectivity index (χ1v) is 4.54. The normalized spacial score (nSPS) is 23.4. The van der Waals surface area contributed by atoms with Crippen LogP contribution in [0.3, 0.4) is 0 Å². The standard InChI is InChI=1S/C9H16O3/c1-2-11-5-6-12-9-4-3-8(10)7-9/h9H,2-7H2,1H3. The van der Waals surface area contributed by atoms with Crippen LogP contribution in [0.1, 0.15) is 26.2 Å². The minimum absolute atomic E-state index is 0.165. The van der Waals surface area contributed by atoms with E-state index in [9.17, 15) is 4.79 Å². The van der Waals surface area contributed by atoms with Gasteiger partial charge in [0, 0.05) is 19.4 Å². The Morgan fingerprint density at radius 1 is 1.50 bits per heavy atom. The second-order valence-corrected chi connectivity index (χ2v) is 2.97. The highest BCUT2D eigenvalue weighted by Crippen LogP contribution is 2.17. The summed E-state index contributed by atoms with van der Waals surface area (Å²) in [4.78, 5) is 10.8. The third-order valence-corrected chi connectivity index (χ3v) is 1.99. The van der Waals surface area contributed by atoms with Crippen molar-refractivity contribution < 1.29 is 14.3 Å². The van der Waals surface area contributed by atoms with Gasteiger partial charge in [0.25, 0.3) is 0 Å². The molecule has 3 nitrogen and oxygen atoms in total. The number of ketones is 1. The lowest BCUT2D eigenvalue weighted by Gasteiger charge is -2.09. The molecule has 0 amide bonds. The number of ether oxygens (including phenoxy) is 2. The highest BCUT2D eigenvalue weighted by atomic mass is 16.5. The second kappa shape index (κ2) is 5.27. The molecule has 1 aliphatic rings. The van der Waals surface area contributed by atoms with E-state index in [1.807, 2.05) is 6.92 Å². The molecule has 0 heterocycles. The van der Waals surface area contributed by atoms with Crippen LogP contribution in [-0.4, -0.2) is 31.7 Å². The van der Waals surface area contributed by atoms with Gasteiger partial charge in [0.2, 0.25) is 0 Å². The lowest BCUT2D eigenvalue weighted by molar-refractivity contribution is -0.118. The Morgan fingerprint density at radius 3 is 2.92 bits per heavy atom. The van der Waals surface area contributed by atoms with Gasteiger partial charge in [-0.15, -0.1) is 0 Å². The topological polar surface area (TPSA) is 35.5 Å². The van der Waals surface area contributed by atoms with Gasteiger partial charge in [-0.1, -0.05) is 0 Å². The summed E-state index contributed by atoms with van der Waals surface area (Å²) in [5.74, 6) is 0.330. The average Bonchev–Trinajstić information content (AvgIpc) is 2.45. The van der Waals surface area contributed by atoms with Crippen LogP contribution in [0.5, 0.6) is 0 Å². The maximum absolute atomic E-state index is 10.8. The zero-order chi connectivity index (χ0) is 8.81. The summed E-state index contributed by atoms with van der Waals surface area (Å²) in [5, 5.41) is 0. The van der Waals surface area contributed by atoms with Gasteiger partial charge in [-0.25, -0.2) is 0 Å². The summed E-state index contributed by atoms with van der Waals surface area (Å²) in [6.07, 6.45) is 2.36. The minimum atomic E-state index is 0.165. The van der Waals surface area contributed by atoms with Gasteiger partial charge < -0.3 is 9.47 Å². The first-order valence-electron chi connectivity index (χ1n) is 4.54. The van der Waals surface area contributed by atoms with E-state index < -0.39 is 0 Å². The molecule has 3 heteroatoms. The van der Waals surface area contributed by atoms with Crippen LogP contribution < -0.4 is 0 Å². The fourth-order valence-electron chi connectivity index (χ4n) is 1.34. The summed E-state index contributed by atoms with van der Waals surface area (Å²) in [6, 6.07) is 0. The molecular weight excluding hydrogens is 156 g/mol. The molecule has 1 fully saturated rings. The third kappa shape index (κ3) is 3.32. The molecule has 1 atom stereocenters. The molecule has 0 bridgehead atoms. The van der Waals surface area contributed by atoms with Gasteiger partial charge >= 0.3 is 0 Å². The molecule has 1 saturated carbocycles. The first-order chi connectivity index (χ1) is 5.83. The molecule has 70 valence electrons. The van der Waals surface area contributed by atoms with Gasteiger partial charge in [-0.2, -0.15) is 0 Å². The first kappa shape index (κ1) is 9.68. The van der Waals surface area contributed by atoms with Crippen molar-refractivity contribution in [3.63, 3.8) is 0 Å². The van der Waals surface area contributed by atoms with Gasteiger partial charge in [0.15, 0.2) is 0 Å². The fraction of sp³-hybridized carbons (Fsp3) is 0.889. The molecule has 1 rings (SSSR count). The van der Waals surface area contributed by atoms with Crippen molar-refractivity contribution in [3.8, 4) is 0 Å². The number of carbonyl (C=O) groups is 1. The number of hydrogen-bond donors (Lipinski definition) is 0. The summed E-state index contributed by atoms with van der Waals surface area (Å²) >= 11 is 0. The van der Waals surface area contributed by atoms with Crippen LogP contribution in [0.2, 0.25) is 0 Å². The van der Waals surface area contributed by atoms with Crippen molar-refractivity contribution in [1.29, 1.82) is 0 Å². The lowest BCUT2D eigenvalue weighted by Crippen LogP contribution is -2.13. The van der Waals surface area contributed by atoms with Crippen molar-refractivity contribution in [1.82, 2.24) is 0 Å². The smallest absolute Gasteiger partial charge is 0.135 e. The number of Topliss-reactive ketones (excluding diaryl/α,β-unsaturated/α-hetero) is 1. The fourth-order valence-corrected chi connectivity index (χ4v) is 1.34. The van der Waals surface area contributed by atoms with Crippen molar-refractivity contribution in [2.24, 2.45) is 0 Å². The Labute approximate surface area is 73.0 Å². The van der Waals surface area contributed by atoms with Gasteiger partial charge in [-0.3, -0.25) is 4.79 Å².